The van der Waals surface area contributed by atoms with Crippen molar-refractivity contribution < 1.29 is 0 Å². The first-order chi connectivity index (χ1) is 8.18. The van der Waals surface area contributed by atoms with Crippen molar-refractivity contribution in [2.24, 2.45) is 0 Å². The Hall–Kier alpha value is -0.930. The summed E-state index contributed by atoms with van der Waals surface area (Å²) in [5.41, 5.74) is 1.31. The predicted octanol–water partition coefficient (Wildman–Crippen LogP) is 2.21. The highest BCUT2D eigenvalue weighted by molar-refractivity contribution is 5.13. The molecule has 1 N–H and O–H groups in total. The van der Waals surface area contributed by atoms with Crippen LogP contribution in [-0.2, 0) is 0 Å². The summed E-state index contributed by atoms with van der Waals surface area (Å²) in [6.45, 7) is 5.54. The van der Waals surface area contributed by atoms with Crippen LogP contribution in [0.1, 0.15) is 38.3 Å². The lowest BCUT2D eigenvalue weighted by Gasteiger charge is -2.26. The van der Waals surface area contributed by atoms with Gasteiger partial charge >= 0.3 is 0 Å². The van der Waals surface area contributed by atoms with E-state index in [9.17, 15) is 0 Å². The molecule has 0 radical (unpaired) electrons. The van der Waals surface area contributed by atoms with Crippen molar-refractivity contribution in [1.82, 2.24) is 15.2 Å². The highest BCUT2D eigenvalue weighted by atomic mass is 15.2. The van der Waals surface area contributed by atoms with Crippen LogP contribution >= 0.6 is 0 Å². The second-order valence-corrected chi connectivity index (χ2v) is 5.16. The van der Waals surface area contributed by atoms with Gasteiger partial charge in [-0.1, -0.05) is 0 Å². The fraction of sp³-hybridized carbons (Fsp3) is 0.643. The first-order valence-corrected chi connectivity index (χ1v) is 6.53. The van der Waals surface area contributed by atoms with Gasteiger partial charge in [-0.25, -0.2) is 0 Å². The molecule has 0 aromatic carbocycles. The number of aromatic nitrogens is 1. The van der Waals surface area contributed by atoms with Crippen LogP contribution in [0, 0.1) is 0 Å². The summed E-state index contributed by atoms with van der Waals surface area (Å²) in [4.78, 5) is 6.54. The van der Waals surface area contributed by atoms with Crippen LogP contribution in [0.4, 0.5) is 0 Å². The van der Waals surface area contributed by atoms with Crippen molar-refractivity contribution in [2.45, 2.75) is 44.8 Å². The smallest absolute Gasteiger partial charge is 0.0293 e. The Morgan fingerprint density at radius 2 is 2.00 bits per heavy atom. The number of nitrogens with zero attached hydrogens (tertiary/aromatic N) is 2. The molecule has 1 aliphatic carbocycles. The average molecular weight is 233 g/mol. The second kappa shape index (κ2) is 5.61. The third-order valence-corrected chi connectivity index (χ3v) is 3.74. The van der Waals surface area contributed by atoms with Gasteiger partial charge in [-0.15, -0.1) is 0 Å². The van der Waals surface area contributed by atoms with Crippen molar-refractivity contribution in [3.8, 4) is 0 Å². The van der Waals surface area contributed by atoms with E-state index in [0.717, 1.165) is 12.6 Å². The monoisotopic (exact) mass is 233 g/mol. The fourth-order valence-corrected chi connectivity index (χ4v) is 2.10. The van der Waals surface area contributed by atoms with E-state index in [1.807, 2.05) is 12.4 Å². The normalized spacial score (nSPS) is 19.3. The summed E-state index contributed by atoms with van der Waals surface area (Å²) < 4.78 is 0. The van der Waals surface area contributed by atoms with Crippen LogP contribution in [0.2, 0.25) is 0 Å². The summed E-state index contributed by atoms with van der Waals surface area (Å²) >= 11 is 0. The minimum atomic E-state index is 0.396. The third kappa shape index (κ3) is 3.51. The van der Waals surface area contributed by atoms with Crippen LogP contribution in [0.25, 0.3) is 0 Å². The van der Waals surface area contributed by atoms with Crippen LogP contribution in [0.3, 0.4) is 0 Å². The molecule has 2 unspecified atom stereocenters. The molecule has 1 aromatic heterocycles. The highest BCUT2D eigenvalue weighted by Gasteiger charge is 2.28. The molecule has 0 bridgehead atoms. The first kappa shape index (κ1) is 12.5. The molecule has 0 amide bonds. The molecule has 1 heterocycles. The zero-order valence-corrected chi connectivity index (χ0v) is 11.1. The standard InChI is InChI=1S/C14H23N3/c1-11(17(3)14-4-5-14)10-16-12(2)13-6-8-15-9-7-13/h6-9,11-12,14,16H,4-5,10H2,1-3H3. The van der Waals surface area contributed by atoms with Gasteiger partial charge in [0, 0.05) is 37.1 Å². The second-order valence-electron chi connectivity index (χ2n) is 5.16. The summed E-state index contributed by atoms with van der Waals surface area (Å²) in [5, 5.41) is 3.59. The number of nitrogens with one attached hydrogen (secondary N) is 1. The zero-order valence-electron chi connectivity index (χ0n) is 11.1. The van der Waals surface area contributed by atoms with E-state index in [2.05, 4.69) is 48.2 Å². The highest BCUT2D eigenvalue weighted by Crippen LogP contribution is 2.26. The lowest BCUT2D eigenvalue weighted by Crippen LogP contribution is -2.39. The molecule has 2 rings (SSSR count). The minimum absolute atomic E-state index is 0.396. The van der Waals surface area contributed by atoms with E-state index >= 15 is 0 Å². The molecule has 17 heavy (non-hydrogen) atoms. The molecule has 1 aromatic rings. The summed E-state index contributed by atoms with van der Waals surface area (Å²) in [5.74, 6) is 0. The Labute approximate surface area is 104 Å². The van der Waals surface area contributed by atoms with Crippen LogP contribution < -0.4 is 5.32 Å². The Morgan fingerprint density at radius 3 is 2.59 bits per heavy atom. The molecule has 1 aliphatic rings. The third-order valence-electron chi connectivity index (χ3n) is 3.74. The van der Waals surface area contributed by atoms with E-state index in [0.29, 0.717) is 12.1 Å². The molecule has 0 spiro atoms. The Bertz CT molecular complexity index is 335. The lowest BCUT2D eigenvalue weighted by atomic mass is 10.1. The van der Waals surface area contributed by atoms with Gasteiger partial charge < -0.3 is 5.32 Å². The zero-order chi connectivity index (χ0) is 12.3. The van der Waals surface area contributed by atoms with Gasteiger partial charge in [0.15, 0.2) is 0 Å². The van der Waals surface area contributed by atoms with Gasteiger partial charge in [0.1, 0.15) is 0 Å². The molecule has 1 fully saturated rings. The van der Waals surface area contributed by atoms with Crippen LogP contribution in [-0.4, -0.2) is 35.6 Å². The Morgan fingerprint density at radius 1 is 1.35 bits per heavy atom. The van der Waals surface area contributed by atoms with Gasteiger partial charge in [0.05, 0.1) is 0 Å². The molecular formula is C14H23N3. The van der Waals surface area contributed by atoms with Crippen molar-refractivity contribution in [2.75, 3.05) is 13.6 Å². The van der Waals surface area contributed by atoms with E-state index in [4.69, 9.17) is 0 Å². The van der Waals surface area contributed by atoms with Crippen molar-refractivity contribution >= 4 is 0 Å². The van der Waals surface area contributed by atoms with E-state index in [-0.39, 0.29) is 0 Å². The Kier molecular flexibility index (Phi) is 4.13. The first-order valence-electron chi connectivity index (χ1n) is 6.53. The summed E-state index contributed by atoms with van der Waals surface area (Å²) in [7, 11) is 2.24. The minimum Gasteiger partial charge on any atom is -0.309 e. The van der Waals surface area contributed by atoms with Crippen molar-refractivity contribution in [1.29, 1.82) is 0 Å². The number of likely N-dealkylation sites (N-methyl/N-ethyl adjacent to an activating group) is 1. The molecule has 3 nitrogen and oxygen atoms in total. The topological polar surface area (TPSA) is 28.2 Å². The van der Waals surface area contributed by atoms with Gasteiger partial charge in [0.2, 0.25) is 0 Å². The van der Waals surface area contributed by atoms with E-state index < -0.39 is 0 Å². The van der Waals surface area contributed by atoms with Crippen molar-refractivity contribution in [3.63, 3.8) is 0 Å². The largest absolute Gasteiger partial charge is 0.309 e. The van der Waals surface area contributed by atoms with E-state index in [1.54, 1.807) is 0 Å². The quantitative estimate of drug-likeness (QED) is 0.816. The molecular weight excluding hydrogens is 210 g/mol. The molecule has 3 heteroatoms. The fourth-order valence-electron chi connectivity index (χ4n) is 2.10. The predicted molar refractivity (Wildman–Crippen MR) is 70.9 cm³/mol. The SMILES string of the molecule is CC(NCC(C)N(C)C1CC1)c1ccncc1. The average Bonchev–Trinajstić information content (AvgIpc) is 3.20. The van der Waals surface area contributed by atoms with Gasteiger partial charge in [-0.3, -0.25) is 9.88 Å². The molecule has 0 saturated heterocycles. The molecule has 1 saturated carbocycles. The van der Waals surface area contributed by atoms with Crippen LogP contribution in [0.5, 0.6) is 0 Å². The number of hydrogen-bond donors (Lipinski definition) is 1. The van der Waals surface area contributed by atoms with Crippen LogP contribution in [0.15, 0.2) is 24.5 Å². The van der Waals surface area contributed by atoms with Gasteiger partial charge in [-0.2, -0.15) is 0 Å². The maximum Gasteiger partial charge on any atom is 0.0293 e. The summed E-state index contributed by atoms with van der Waals surface area (Å²) in [6, 6.07) is 5.99. The van der Waals surface area contributed by atoms with Gasteiger partial charge in [0.25, 0.3) is 0 Å². The molecule has 0 aliphatic heterocycles. The number of pyridine rings is 1. The number of rotatable bonds is 6. The maximum atomic E-state index is 4.05. The van der Waals surface area contributed by atoms with Crippen molar-refractivity contribution in [3.05, 3.63) is 30.1 Å². The molecule has 94 valence electrons. The van der Waals surface area contributed by atoms with Gasteiger partial charge in [-0.05, 0) is 51.4 Å². The maximum absolute atomic E-state index is 4.05. The Balaban J connectivity index is 1.77. The molecule has 2 atom stereocenters. The summed E-state index contributed by atoms with van der Waals surface area (Å²) in [6.07, 6.45) is 6.46. The number of hydrogen-bond acceptors (Lipinski definition) is 3. The van der Waals surface area contributed by atoms with E-state index in [1.165, 1.54) is 18.4 Å². The lowest BCUT2D eigenvalue weighted by molar-refractivity contribution is 0.237.